The second-order valence-corrected chi connectivity index (χ2v) is 9.16. The molecular formula is C29H27NO5. The summed E-state index contributed by atoms with van der Waals surface area (Å²) in [5, 5.41) is 3.69. The van der Waals surface area contributed by atoms with E-state index in [0.717, 1.165) is 23.2 Å². The Balaban J connectivity index is 1.56. The van der Waals surface area contributed by atoms with Crippen molar-refractivity contribution in [3.05, 3.63) is 104 Å². The molecule has 0 radical (unpaired) electrons. The van der Waals surface area contributed by atoms with Crippen molar-refractivity contribution in [2.75, 3.05) is 6.61 Å². The van der Waals surface area contributed by atoms with Crippen LogP contribution in [-0.4, -0.2) is 18.4 Å². The lowest BCUT2D eigenvalue weighted by atomic mass is 9.75. The van der Waals surface area contributed by atoms with Gasteiger partial charge in [-0.15, -0.1) is 0 Å². The number of hydrogen-bond donors (Lipinski definition) is 1. The minimum atomic E-state index is -0.829. The number of ketones is 1. The number of dihydropyridines is 1. The number of fused-ring (bicyclic) bond motifs is 1. The molecule has 0 spiro atoms. The van der Waals surface area contributed by atoms with E-state index in [2.05, 4.69) is 5.32 Å². The first-order valence-electron chi connectivity index (χ1n) is 11.9. The molecule has 0 unspecified atom stereocenters. The number of carbonyl (C=O) groups is 2. The van der Waals surface area contributed by atoms with Gasteiger partial charge < -0.3 is 14.5 Å². The molecule has 0 saturated heterocycles. The van der Waals surface area contributed by atoms with E-state index >= 15 is 0 Å². The fraction of sp³-hybridized carbons (Fsp3) is 0.276. The summed E-state index contributed by atoms with van der Waals surface area (Å²) in [6, 6.07) is 15.2. The van der Waals surface area contributed by atoms with Crippen LogP contribution in [0.25, 0.3) is 11.0 Å². The van der Waals surface area contributed by atoms with Crippen LogP contribution >= 0.6 is 0 Å². The number of Topliss-reactive ketones (excluding diaryl/α,β-unsaturated/α-hetero) is 1. The Kier molecular flexibility index (Phi) is 6.12. The average Bonchev–Trinajstić information content (AvgIpc) is 2.85. The van der Waals surface area contributed by atoms with Crippen LogP contribution in [0.15, 0.2) is 86.5 Å². The average molecular weight is 470 g/mol. The molecule has 1 N–H and O–H groups in total. The van der Waals surface area contributed by atoms with E-state index in [0.29, 0.717) is 41.5 Å². The first-order chi connectivity index (χ1) is 16.9. The quantitative estimate of drug-likeness (QED) is 0.538. The molecule has 0 fully saturated rings. The Morgan fingerprint density at radius 2 is 1.89 bits per heavy atom. The Hall–Kier alpha value is -3.93. The summed E-state index contributed by atoms with van der Waals surface area (Å²) in [5.41, 5.74) is 4.61. The molecule has 3 aromatic rings. The summed E-state index contributed by atoms with van der Waals surface area (Å²) in [5.74, 6) is -1.43. The molecule has 0 bridgehead atoms. The molecule has 2 aliphatic rings. The van der Waals surface area contributed by atoms with Crippen LogP contribution in [0, 0.1) is 6.92 Å². The zero-order chi connectivity index (χ0) is 24.5. The number of nitrogens with one attached hydrogen (secondary N) is 1. The monoisotopic (exact) mass is 469 g/mol. The van der Waals surface area contributed by atoms with Gasteiger partial charge in [0, 0.05) is 35.4 Å². The Labute approximate surface area is 203 Å². The number of hydrogen-bond acceptors (Lipinski definition) is 6. The van der Waals surface area contributed by atoms with Gasteiger partial charge in [0.15, 0.2) is 11.2 Å². The van der Waals surface area contributed by atoms with E-state index in [4.69, 9.17) is 9.15 Å². The molecule has 35 heavy (non-hydrogen) atoms. The maximum absolute atomic E-state index is 13.6. The van der Waals surface area contributed by atoms with E-state index in [9.17, 15) is 14.4 Å². The normalized spacial score (nSPS) is 17.9. The molecule has 1 aliphatic carbocycles. The molecule has 6 heteroatoms. The lowest BCUT2D eigenvalue weighted by molar-refractivity contribution is -0.139. The Morgan fingerprint density at radius 3 is 2.69 bits per heavy atom. The van der Waals surface area contributed by atoms with E-state index in [-0.39, 0.29) is 29.0 Å². The van der Waals surface area contributed by atoms with Crippen LogP contribution in [0.5, 0.6) is 0 Å². The van der Waals surface area contributed by atoms with Gasteiger partial charge in [-0.2, -0.15) is 0 Å². The van der Waals surface area contributed by atoms with Crippen LogP contribution in [0.1, 0.15) is 48.8 Å². The maximum atomic E-state index is 13.6. The van der Waals surface area contributed by atoms with Gasteiger partial charge in [-0.05, 0) is 44.4 Å². The minimum absolute atomic E-state index is 0.0606. The molecule has 1 aromatic heterocycles. The lowest BCUT2D eigenvalue weighted by Crippen LogP contribution is -2.36. The van der Waals surface area contributed by atoms with Crippen LogP contribution in [0.3, 0.4) is 0 Å². The first kappa shape index (κ1) is 22.8. The molecular weight excluding hydrogens is 442 g/mol. The van der Waals surface area contributed by atoms with Crippen molar-refractivity contribution in [2.24, 2.45) is 0 Å². The van der Waals surface area contributed by atoms with E-state index in [1.165, 1.54) is 6.26 Å². The molecule has 0 amide bonds. The standard InChI is InChI=1S/C29H27NO5/c1-17-11-12-24-20(15-17)28(32)21(16-35-24)26-25(18(2)30-22-9-6-10-23(31)27(22)26)29(33)34-14-13-19-7-4-3-5-8-19/h3-5,7-8,11-12,15-16,26,30H,6,9-10,13-14H2,1-2H3/t26-/m1/s1. The van der Waals surface area contributed by atoms with Crippen molar-refractivity contribution in [1.29, 1.82) is 0 Å². The van der Waals surface area contributed by atoms with Gasteiger partial charge in [0.2, 0.25) is 0 Å². The van der Waals surface area contributed by atoms with E-state index < -0.39 is 11.9 Å². The van der Waals surface area contributed by atoms with Gasteiger partial charge in [-0.25, -0.2) is 4.79 Å². The zero-order valence-corrected chi connectivity index (χ0v) is 19.9. The molecule has 6 nitrogen and oxygen atoms in total. The fourth-order valence-electron chi connectivity index (χ4n) is 5.01. The van der Waals surface area contributed by atoms with Crippen molar-refractivity contribution >= 4 is 22.7 Å². The van der Waals surface area contributed by atoms with E-state index in [1.54, 1.807) is 19.1 Å². The molecule has 1 aliphatic heterocycles. The molecule has 1 atom stereocenters. The summed E-state index contributed by atoms with van der Waals surface area (Å²) < 4.78 is 11.5. The summed E-state index contributed by atoms with van der Waals surface area (Å²) in [4.78, 5) is 40.2. The van der Waals surface area contributed by atoms with Crippen LogP contribution < -0.4 is 10.7 Å². The maximum Gasteiger partial charge on any atom is 0.336 e. The third-order valence-corrected chi connectivity index (χ3v) is 6.73. The molecule has 2 heterocycles. The van der Waals surface area contributed by atoms with Crippen molar-refractivity contribution in [1.82, 2.24) is 5.32 Å². The number of benzene rings is 2. The SMILES string of the molecule is CC1=C(C(=O)OCCc2ccccc2)[C@@H](c2coc3ccc(C)cc3c2=O)C2=C(CCCC2=O)N1. The largest absolute Gasteiger partial charge is 0.464 e. The predicted molar refractivity (Wildman–Crippen MR) is 133 cm³/mol. The number of ether oxygens (including phenoxy) is 1. The van der Waals surface area contributed by atoms with Gasteiger partial charge in [-0.3, -0.25) is 9.59 Å². The van der Waals surface area contributed by atoms with Crippen molar-refractivity contribution in [3.63, 3.8) is 0 Å². The fourth-order valence-corrected chi connectivity index (χ4v) is 5.01. The third kappa shape index (κ3) is 4.32. The third-order valence-electron chi connectivity index (χ3n) is 6.73. The highest BCUT2D eigenvalue weighted by Crippen LogP contribution is 2.42. The summed E-state index contributed by atoms with van der Waals surface area (Å²) in [6.07, 6.45) is 3.76. The number of aryl methyl sites for hydroxylation is 1. The number of allylic oxidation sites excluding steroid dienone is 3. The highest BCUT2D eigenvalue weighted by atomic mass is 16.5. The van der Waals surface area contributed by atoms with Gasteiger partial charge in [-0.1, -0.05) is 42.0 Å². The van der Waals surface area contributed by atoms with Gasteiger partial charge in [0.25, 0.3) is 0 Å². The Morgan fingerprint density at radius 1 is 1.09 bits per heavy atom. The molecule has 178 valence electrons. The second kappa shape index (κ2) is 9.37. The Bertz CT molecular complexity index is 1440. The first-order valence-corrected chi connectivity index (χ1v) is 11.9. The highest BCUT2D eigenvalue weighted by molar-refractivity contribution is 6.04. The molecule has 0 saturated carbocycles. The lowest BCUT2D eigenvalue weighted by Gasteiger charge is -2.33. The van der Waals surface area contributed by atoms with Crippen molar-refractivity contribution in [2.45, 2.75) is 45.4 Å². The summed E-state index contributed by atoms with van der Waals surface area (Å²) in [7, 11) is 0. The topological polar surface area (TPSA) is 85.6 Å². The summed E-state index contributed by atoms with van der Waals surface area (Å²) in [6.45, 7) is 3.88. The summed E-state index contributed by atoms with van der Waals surface area (Å²) >= 11 is 0. The highest BCUT2D eigenvalue weighted by Gasteiger charge is 2.40. The van der Waals surface area contributed by atoms with Crippen LogP contribution in [0.2, 0.25) is 0 Å². The minimum Gasteiger partial charge on any atom is -0.464 e. The predicted octanol–water partition coefficient (Wildman–Crippen LogP) is 4.86. The number of rotatable bonds is 5. The van der Waals surface area contributed by atoms with Crippen LogP contribution in [-0.2, 0) is 20.7 Å². The van der Waals surface area contributed by atoms with Gasteiger partial charge >= 0.3 is 5.97 Å². The number of carbonyl (C=O) groups excluding carboxylic acids is 2. The van der Waals surface area contributed by atoms with Gasteiger partial charge in [0.05, 0.1) is 29.7 Å². The second-order valence-electron chi connectivity index (χ2n) is 9.16. The van der Waals surface area contributed by atoms with Crippen LogP contribution in [0.4, 0.5) is 0 Å². The zero-order valence-electron chi connectivity index (χ0n) is 19.9. The van der Waals surface area contributed by atoms with Crippen molar-refractivity contribution < 1.29 is 18.7 Å². The smallest absolute Gasteiger partial charge is 0.336 e. The molecule has 2 aromatic carbocycles. The number of esters is 1. The van der Waals surface area contributed by atoms with E-state index in [1.807, 2.05) is 43.3 Å². The molecule has 5 rings (SSSR count). The van der Waals surface area contributed by atoms with Crippen molar-refractivity contribution in [3.8, 4) is 0 Å². The van der Waals surface area contributed by atoms with Gasteiger partial charge in [0.1, 0.15) is 5.58 Å².